The minimum Gasteiger partial charge on any atom is -0.462 e. The maximum atomic E-state index is 9.77. The van der Waals surface area contributed by atoms with E-state index in [1.807, 2.05) is 0 Å². The Morgan fingerprint density at radius 1 is 1.45 bits per heavy atom. The second kappa shape index (κ2) is 7.06. The number of hydrogen-bond acceptors (Lipinski definition) is 2. The van der Waals surface area contributed by atoms with E-state index in [1.165, 1.54) is 19.1 Å². The molecule has 0 saturated heterocycles. The third kappa shape index (κ3) is 5.40. The van der Waals surface area contributed by atoms with E-state index in [0.29, 0.717) is 12.0 Å². The lowest BCUT2D eigenvalue weighted by atomic mass is 10.4. The van der Waals surface area contributed by atoms with Gasteiger partial charge < -0.3 is 4.42 Å². The topological polar surface area (TPSA) is 30.2 Å². The fraction of sp³-hybridized carbons (Fsp3) is 0.444. The third-order valence-electron chi connectivity index (χ3n) is 1.16. The van der Waals surface area contributed by atoms with Crippen LogP contribution >= 0.6 is 0 Å². The van der Waals surface area contributed by atoms with Gasteiger partial charge in [0.15, 0.2) is 12.0 Å². The highest BCUT2D eigenvalue weighted by Gasteiger charge is 1.84. The molecule has 0 atom stereocenters. The fourth-order valence-electron chi connectivity index (χ4n) is 0.358. The zero-order valence-electron chi connectivity index (χ0n) is 7.04. The van der Waals surface area contributed by atoms with Crippen molar-refractivity contribution in [3.05, 3.63) is 24.2 Å². The molecule has 0 amide bonds. The molecule has 1 aromatic heterocycles. The molecule has 0 fully saturated rings. The molecule has 0 spiro atoms. The number of aldehydes is 1. The summed E-state index contributed by atoms with van der Waals surface area (Å²) < 4.78 is 4.61. The van der Waals surface area contributed by atoms with Gasteiger partial charge in [-0.05, 0) is 12.1 Å². The van der Waals surface area contributed by atoms with Gasteiger partial charge in [-0.3, -0.25) is 4.79 Å². The van der Waals surface area contributed by atoms with Crippen molar-refractivity contribution in [1.29, 1.82) is 0 Å². The summed E-state index contributed by atoms with van der Waals surface area (Å²) in [4.78, 5) is 9.77. The Bertz CT molecular complexity index is 164. The maximum Gasteiger partial charge on any atom is 0.185 e. The normalized spacial score (nSPS) is 8.18. The van der Waals surface area contributed by atoms with Crippen LogP contribution in [0, 0.1) is 0 Å². The second-order valence-electron chi connectivity index (χ2n) is 2.13. The number of hydrogen-bond donors (Lipinski definition) is 0. The van der Waals surface area contributed by atoms with Crippen molar-refractivity contribution in [1.82, 2.24) is 0 Å². The monoisotopic (exact) mass is 154 g/mol. The first-order chi connectivity index (χ1) is 5.35. The molecule has 0 saturated carbocycles. The molecule has 0 N–H and O–H groups in total. The largest absolute Gasteiger partial charge is 0.462 e. The van der Waals surface area contributed by atoms with Crippen molar-refractivity contribution in [2.45, 2.75) is 26.7 Å². The summed E-state index contributed by atoms with van der Waals surface area (Å²) in [6.45, 7) is 4.36. The molecule has 1 heterocycles. The SMILES string of the molecule is CCCC.O=Cc1ccco1. The minimum absolute atomic E-state index is 0.375. The Balaban J connectivity index is 0.000000218. The van der Waals surface area contributed by atoms with Gasteiger partial charge in [-0.1, -0.05) is 26.7 Å². The number of carbonyl (C=O) groups excluding carboxylic acids is 1. The smallest absolute Gasteiger partial charge is 0.185 e. The highest BCUT2D eigenvalue weighted by molar-refractivity contribution is 5.69. The molecule has 0 bridgehead atoms. The lowest BCUT2D eigenvalue weighted by molar-refractivity contribution is 0.110. The van der Waals surface area contributed by atoms with E-state index in [2.05, 4.69) is 18.3 Å². The molecule has 1 aromatic rings. The van der Waals surface area contributed by atoms with Crippen LogP contribution < -0.4 is 0 Å². The molecule has 0 aliphatic heterocycles. The molecule has 0 aromatic carbocycles. The molecule has 0 unspecified atom stereocenters. The number of rotatable bonds is 2. The second-order valence-corrected chi connectivity index (χ2v) is 2.13. The summed E-state index contributed by atoms with van der Waals surface area (Å²) in [6.07, 6.45) is 4.77. The van der Waals surface area contributed by atoms with Gasteiger partial charge in [0.1, 0.15) is 0 Å². The van der Waals surface area contributed by atoms with Crippen molar-refractivity contribution < 1.29 is 9.21 Å². The summed E-state index contributed by atoms with van der Waals surface area (Å²) in [5.74, 6) is 0.375. The summed E-state index contributed by atoms with van der Waals surface area (Å²) in [6, 6.07) is 3.27. The summed E-state index contributed by atoms with van der Waals surface area (Å²) >= 11 is 0. The molecule has 1 rings (SSSR count). The van der Waals surface area contributed by atoms with Gasteiger partial charge in [-0.25, -0.2) is 0 Å². The molecule has 0 radical (unpaired) electrons. The number of furan rings is 1. The Kier molecular flexibility index (Phi) is 6.39. The van der Waals surface area contributed by atoms with E-state index in [0.717, 1.165) is 0 Å². The van der Waals surface area contributed by atoms with Crippen molar-refractivity contribution in [2.75, 3.05) is 0 Å². The standard InChI is InChI=1S/C5H4O2.C4H10/c6-4-5-2-1-3-7-5;1-3-4-2/h1-4H;3-4H2,1-2H3. The Morgan fingerprint density at radius 2 is 2.09 bits per heavy atom. The zero-order valence-corrected chi connectivity index (χ0v) is 7.04. The fourth-order valence-corrected chi connectivity index (χ4v) is 0.358. The molecule has 2 nitrogen and oxygen atoms in total. The van der Waals surface area contributed by atoms with Gasteiger partial charge in [0.25, 0.3) is 0 Å². The predicted octanol–water partition coefficient (Wildman–Crippen LogP) is 2.90. The summed E-state index contributed by atoms with van der Waals surface area (Å²) in [5.41, 5.74) is 0. The van der Waals surface area contributed by atoms with Crippen LogP contribution in [-0.2, 0) is 0 Å². The first kappa shape index (κ1) is 9.95. The summed E-state index contributed by atoms with van der Waals surface area (Å²) in [7, 11) is 0. The van der Waals surface area contributed by atoms with Gasteiger partial charge in [-0.2, -0.15) is 0 Å². The van der Waals surface area contributed by atoms with E-state index in [1.54, 1.807) is 12.1 Å². The van der Waals surface area contributed by atoms with Crippen LogP contribution in [0.25, 0.3) is 0 Å². The van der Waals surface area contributed by atoms with Crippen molar-refractivity contribution >= 4 is 6.29 Å². The van der Waals surface area contributed by atoms with Crippen LogP contribution in [0.4, 0.5) is 0 Å². The molecular weight excluding hydrogens is 140 g/mol. The highest BCUT2D eigenvalue weighted by atomic mass is 16.3. The molecule has 2 heteroatoms. The predicted molar refractivity (Wildman–Crippen MR) is 44.7 cm³/mol. The van der Waals surface area contributed by atoms with Crippen LogP contribution in [0.1, 0.15) is 37.2 Å². The van der Waals surface area contributed by atoms with Gasteiger partial charge >= 0.3 is 0 Å². The van der Waals surface area contributed by atoms with E-state index < -0.39 is 0 Å². The minimum atomic E-state index is 0.375. The van der Waals surface area contributed by atoms with Crippen LogP contribution in [0.2, 0.25) is 0 Å². The number of unbranched alkanes of at least 4 members (excludes halogenated alkanes) is 1. The summed E-state index contributed by atoms with van der Waals surface area (Å²) in [5, 5.41) is 0. The van der Waals surface area contributed by atoms with Gasteiger partial charge in [0.05, 0.1) is 6.26 Å². The molecular formula is C9H14O2. The molecule has 0 aliphatic carbocycles. The Hall–Kier alpha value is -1.05. The van der Waals surface area contributed by atoms with Crippen molar-refractivity contribution in [2.24, 2.45) is 0 Å². The lowest BCUT2D eigenvalue weighted by Gasteiger charge is -1.68. The van der Waals surface area contributed by atoms with Crippen LogP contribution in [0.3, 0.4) is 0 Å². The molecule has 62 valence electrons. The van der Waals surface area contributed by atoms with Crippen molar-refractivity contribution in [3.63, 3.8) is 0 Å². The van der Waals surface area contributed by atoms with Crippen LogP contribution in [-0.4, -0.2) is 6.29 Å². The van der Waals surface area contributed by atoms with Crippen LogP contribution in [0.15, 0.2) is 22.8 Å². The van der Waals surface area contributed by atoms with E-state index in [4.69, 9.17) is 0 Å². The highest BCUT2D eigenvalue weighted by Crippen LogP contribution is 1.92. The molecule has 11 heavy (non-hydrogen) atoms. The van der Waals surface area contributed by atoms with E-state index in [9.17, 15) is 4.79 Å². The van der Waals surface area contributed by atoms with E-state index >= 15 is 0 Å². The number of carbonyl (C=O) groups is 1. The first-order valence-corrected chi connectivity index (χ1v) is 3.83. The van der Waals surface area contributed by atoms with Gasteiger partial charge in [0, 0.05) is 0 Å². The quantitative estimate of drug-likeness (QED) is 0.613. The lowest BCUT2D eigenvalue weighted by Crippen LogP contribution is -1.65. The average molecular weight is 154 g/mol. The molecule has 0 aliphatic rings. The maximum absolute atomic E-state index is 9.77. The third-order valence-corrected chi connectivity index (χ3v) is 1.16. The first-order valence-electron chi connectivity index (χ1n) is 3.83. The van der Waals surface area contributed by atoms with Crippen molar-refractivity contribution in [3.8, 4) is 0 Å². The van der Waals surface area contributed by atoms with E-state index in [-0.39, 0.29) is 0 Å². The Labute approximate surface area is 67.2 Å². The average Bonchev–Trinajstić information content (AvgIpc) is 2.56. The Morgan fingerprint density at radius 3 is 2.27 bits per heavy atom. The van der Waals surface area contributed by atoms with Crippen LogP contribution in [0.5, 0.6) is 0 Å². The van der Waals surface area contributed by atoms with Gasteiger partial charge in [0.2, 0.25) is 0 Å². The van der Waals surface area contributed by atoms with Gasteiger partial charge in [-0.15, -0.1) is 0 Å². The zero-order chi connectivity index (χ0) is 8.53.